The monoisotopic (exact) mass is 406 g/mol. The molecule has 156 valence electrons. The number of carbonyl (C=O) groups excluding carboxylic acids is 2. The van der Waals surface area contributed by atoms with Gasteiger partial charge < -0.3 is 20.1 Å². The van der Waals surface area contributed by atoms with Crippen molar-refractivity contribution >= 4 is 28.3 Å². The number of amides is 2. The Morgan fingerprint density at radius 3 is 2.47 bits per heavy atom. The van der Waals surface area contributed by atoms with Crippen LogP contribution >= 0.6 is 0 Å². The van der Waals surface area contributed by atoms with Crippen LogP contribution in [0.15, 0.2) is 60.7 Å². The van der Waals surface area contributed by atoms with Crippen LogP contribution in [0.1, 0.15) is 22.8 Å². The molecule has 30 heavy (non-hydrogen) atoms. The zero-order chi connectivity index (χ0) is 21.3. The van der Waals surface area contributed by atoms with Gasteiger partial charge in [-0.15, -0.1) is 0 Å². The normalized spacial score (nSPS) is 10.6. The Morgan fingerprint density at radius 1 is 0.967 bits per heavy atom. The Morgan fingerprint density at radius 2 is 1.73 bits per heavy atom. The molecule has 0 atom stereocenters. The maximum absolute atomic E-state index is 13.1. The molecule has 0 bridgehead atoms. The zero-order valence-corrected chi connectivity index (χ0v) is 17.2. The van der Waals surface area contributed by atoms with Crippen molar-refractivity contribution in [3.05, 3.63) is 71.8 Å². The summed E-state index contributed by atoms with van der Waals surface area (Å²) in [4.78, 5) is 25.0. The summed E-state index contributed by atoms with van der Waals surface area (Å²) in [5.41, 5.74) is 2.03. The summed E-state index contributed by atoms with van der Waals surface area (Å²) in [6, 6.07) is 18.7. The van der Waals surface area contributed by atoms with E-state index in [0.29, 0.717) is 36.8 Å². The maximum atomic E-state index is 13.1. The van der Waals surface area contributed by atoms with Crippen molar-refractivity contribution in [1.29, 1.82) is 0 Å². The summed E-state index contributed by atoms with van der Waals surface area (Å²) >= 11 is 0. The number of ether oxygens (including phenoxy) is 2. The highest BCUT2D eigenvalue weighted by Gasteiger charge is 2.17. The van der Waals surface area contributed by atoms with Crippen LogP contribution in [0.4, 0.5) is 5.69 Å². The van der Waals surface area contributed by atoms with Gasteiger partial charge >= 0.3 is 0 Å². The summed E-state index contributed by atoms with van der Waals surface area (Å²) < 4.78 is 10.6. The molecule has 0 saturated carbocycles. The molecule has 0 aromatic heterocycles. The maximum Gasteiger partial charge on any atom is 0.260 e. The molecular weight excluding hydrogens is 380 g/mol. The second kappa shape index (κ2) is 10.4. The average molecular weight is 406 g/mol. The van der Waals surface area contributed by atoms with Gasteiger partial charge in [0.05, 0.1) is 25.2 Å². The third-order valence-electron chi connectivity index (χ3n) is 4.62. The molecular formula is C24H26N2O4. The minimum absolute atomic E-state index is 0.0686. The largest absolute Gasteiger partial charge is 0.493 e. The standard InChI is InChI=1S/C24H26N2O4/c1-3-30-21-13-10-18-6-4-5-7-20(18)23(21)24(28)26-19-11-8-17(9-12-19)16-22(27)25-14-15-29-2/h4-13H,3,14-16H2,1-2H3,(H,25,27)(H,26,28). The fourth-order valence-electron chi connectivity index (χ4n) is 3.20. The van der Waals surface area contributed by atoms with Crippen LogP contribution in [0.25, 0.3) is 10.8 Å². The molecule has 0 unspecified atom stereocenters. The number of anilines is 1. The number of carbonyl (C=O) groups is 2. The molecule has 0 heterocycles. The summed E-state index contributed by atoms with van der Waals surface area (Å²) in [6.45, 7) is 3.33. The number of benzene rings is 3. The van der Waals surface area contributed by atoms with Gasteiger partial charge in [-0.05, 0) is 41.5 Å². The lowest BCUT2D eigenvalue weighted by Crippen LogP contribution is -2.28. The van der Waals surface area contributed by atoms with Crippen molar-refractivity contribution in [2.75, 3.05) is 32.2 Å². The lowest BCUT2D eigenvalue weighted by atomic mass is 10.0. The first-order valence-electron chi connectivity index (χ1n) is 9.93. The molecule has 0 aliphatic carbocycles. The van der Waals surface area contributed by atoms with Gasteiger partial charge in [-0.2, -0.15) is 0 Å². The highest BCUT2D eigenvalue weighted by Crippen LogP contribution is 2.29. The quantitative estimate of drug-likeness (QED) is 0.530. The highest BCUT2D eigenvalue weighted by atomic mass is 16.5. The molecule has 0 saturated heterocycles. The smallest absolute Gasteiger partial charge is 0.260 e. The fraction of sp³-hybridized carbons (Fsp3) is 0.250. The van der Waals surface area contributed by atoms with Crippen LogP contribution in [0.2, 0.25) is 0 Å². The molecule has 6 nitrogen and oxygen atoms in total. The minimum Gasteiger partial charge on any atom is -0.493 e. The first-order valence-corrected chi connectivity index (χ1v) is 9.93. The van der Waals surface area contributed by atoms with E-state index in [1.165, 1.54) is 0 Å². The average Bonchev–Trinajstić information content (AvgIpc) is 2.75. The Labute approximate surface area is 176 Å². The van der Waals surface area contributed by atoms with Crippen molar-refractivity contribution in [3.63, 3.8) is 0 Å². The van der Waals surface area contributed by atoms with Crippen LogP contribution < -0.4 is 15.4 Å². The van der Waals surface area contributed by atoms with E-state index in [-0.39, 0.29) is 18.2 Å². The van der Waals surface area contributed by atoms with Crippen LogP contribution in [0.5, 0.6) is 5.75 Å². The van der Waals surface area contributed by atoms with Crippen LogP contribution in [0.3, 0.4) is 0 Å². The van der Waals surface area contributed by atoms with E-state index < -0.39 is 0 Å². The summed E-state index contributed by atoms with van der Waals surface area (Å²) in [5, 5.41) is 7.53. The molecule has 2 N–H and O–H groups in total. The molecule has 3 aromatic carbocycles. The van der Waals surface area contributed by atoms with Gasteiger partial charge in [0, 0.05) is 19.3 Å². The van der Waals surface area contributed by atoms with Gasteiger partial charge in [-0.3, -0.25) is 9.59 Å². The molecule has 3 aromatic rings. The molecule has 0 aliphatic rings. The lowest BCUT2D eigenvalue weighted by Gasteiger charge is -2.14. The van der Waals surface area contributed by atoms with E-state index in [9.17, 15) is 9.59 Å². The topological polar surface area (TPSA) is 76.7 Å². The van der Waals surface area contributed by atoms with E-state index in [1.807, 2.05) is 55.5 Å². The van der Waals surface area contributed by atoms with E-state index in [1.54, 1.807) is 19.2 Å². The zero-order valence-electron chi connectivity index (χ0n) is 17.2. The molecule has 0 fully saturated rings. The number of hydrogen-bond acceptors (Lipinski definition) is 4. The van der Waals surface area contributed by atoms with Gasteiger partial charge in [-0.25, -0.2) is 0 Å². The van der Waals surface area contributed by atoms with E-state index in [2.05, 4.69) is 10.6 Å². The fourth-order valence-corrected chi connectivity index (χ4v) is 3.20. The lowest BCUT2D eigenvalue weighted by molar-refractivity contribution is -0.120. The second-order valence-corrected chi connectivity index (χ2v) is 6.76. The van der Waals surface area contributed by atoms with Crippen LogP contribution in [-0.4, -0.2) is 38.7 Å². The number of methoxy groups -OCH3 is 1. The third kappa shape index (κ3) is 5.36. The van der Waals surface area contributed by atoms with Crippen LogP contribution in [0, 0.1) is 0 Å². The molecule has 6 heteroatoms. The third-order valence-corrected chi connectivity index (χ3v) is 4.62. The number of rotatable bonds is 9. The predicted molar refractivity (Wildman–Crippen MR) is 118 cm³/mol. The second-order valence-electron chi connectivity index (χ2n) is 6.76. The Hall–Kier alpha value is -3.38. The van der Waals surface area contributed by atoms with Crippen molar-refractivity contribution < 1.29 is 19.1 Å². The summed E-state index contributed by atoms with van der Waals surface area (Å²) in [5.74, 6) is 0.249. The molecule has 0 aliphatic heterocycles. The SMILES string of the molecule is CCOc1ccc2ccccc2c1C(=O)Nc1ccc(CC(=O)NCCOC)cc1. The Kier molecular flexibility index (Phi) is 7.40. The van der Waals surface area contributed by atoms with Crippen molar-refractivity contribution in [3.8, 4) is 5.75 Å². The first kappa shape index (κ1) is 21.3. The van der Waals surface area contributed by atoms with Crippen molar-refractivity contribution in [1.82, 2.24) is 5.32 Å². The van der Waals surface area contributed by atoms with E-state index in [4.69, 9.17) is 9.47 Å². The molecule has 3 rings (SSSR count). The summed E-state index contributed by atoms with van der Waals surface area (Å²) in [6.07, 6.45) is 0.274. The Balaban J connectivity index is 1.73. The van der Waals surface area contributed by atoms with Gasteiger partial charge in [0.1, 0.15) is 5.75 Å². The van der Waals surface area contributed by atoms with Gasteiger partial charge in [-0.1, -0.05) is 42.5 Å². The number of hydrogen-bond donors (Lipinski definition) is 2. The van der Waals surface area contributed by atoms with Gasteiger partial charge in [0.2, 0.25) is 5.91 Å². The first-order chi connectivity index (χ1) is 14.6. The molecule has 0 spiro atoms. The highest BCUT2D eigenvalue weighted by molar-refractivity contribution is 6.15. The van der Waals surface area contributed by atoms with Crippen LogP contribution in [-0.2, 0) is 16.0 Å². The number of nitrogens with one attached hydrogen (secondary N) is 2. The van der Waals surface area contributed by atoms with E-state index >= 15 is 0 Å². The summed E-state index contributed by atoms with van der Waals surface area (Å²) in [7, 11) is 1.59. The predicted octanol–water partition coefficient (Wildman–Crippen LogP) is 3.80. The van der Waals surface area contributed by atoms with Gasteiger partial charge in [0.15, 0.2) is 0 Å². The Bertz CT molecular complexity index is 1020. The van der Waals surface area contributed by atoms with Gasteiger partial charge in [0.25, 0.3) is 5.91 Å². The molecule has 0 radical (unpaired) electrons. The van der Waals surface area contributed by atoms with Crippen molar-refractivity contribution in [2.24, 2.45) is 0 Å². The molecule has 2 amide bonds. The number of fused-ring (bicyclic) bond motifs is 1. The minimum atomic E-state index is -0.236. The van der Waals surface area contributed by atoms with Crippen molar-refractivity contribution in [2.45, 2.75) is 13.3 Å². The van der Waals surface area contributed by atoms with E-state index in [0.717, 1.165) is 16.3 Å².